The molecule has 1 unspecified atom stereocenters. The lowest BCUT2D eigenvalue weighted by Gasteiger charge is -2.22. The van der Waals surface area contributed by atoms with Crippen molar-refractivity contribution in [1.82, 2.24) is 10.6 Å². The van der Waals surface area contributed by atoms with Crippen LogP contribution in [0, 0.1) is 0 Å². The van der Waals surface area contributed by atoms with Crippen molar-refractivity contribution in [2.45, 2.75) is 45.2 Å². The molecule has 1 aliphatic rings. The number of carbonyl (C=O) groups is 1. The molecule has 0 bridgehead atoms. The van der Waals surface area contributed by atoms with Crippen LogP contribution in [-0.2, 0) is 4.79 Å². The molecule has 0 aliphatic carbocycles. The summed E-state index contributed by atoms with van der Waals surface area (Å²) < 4.78 is 0. The Morgan fingerprint density at radius 2 is 2.13 bits per heavy atom. The average molecular weight is 230 g/mol. The highest BCUT2D eigenvalue weighted by Crippen LogP contribution is 2.16. The van der Waals surface area contributed by atoms with E-state index in [1.165, 1.54) is 24.3 Å². The van der Waals surface area contributed by atoms with Gasteiger partial charge in [0.05, 0.1) is 6.54 Å². The van der Waals surface area contributed by atoms with E-state index in [1.54, 1.807) is 0 Å². The third-order valence-electron chi connectivity index (χ3n) is 2.79. The number of carbonyl (C=O) groups excluding carboxylic acids is 1. The van der Waals surface area contributed by atoms with Crippen molar-refractivity contribution in [2.75, 3.05) is 18.1 Å². The lowest BCUT2D eigenvalue weighted by molar-refractivity contribution is -0.121. The van der Waals surface area contributed by atoms with Gasteiger partial charge in [0.1, 0.15) is 0 Å². The van der Waals surface area contributed by atoms with E-state index < -0.39 is 0 Å². The maximum Gasteiger partial charge on any atom is 0.234 e. The molecule has 1 aliphatic heterocycles. The molecular formula is C11H22N2OS. The Balaban J connectivity index is 2.10. The fourth-order valence-electron chi connectivity index (χ4n) is 1.57. The van der Waals surface area contributed by atoms with Crippen molar-refractivity contribution in [3.05, 3.63) is 0 Å². The predicted molar refractivity (Wildman–Crippen MR) is 66.2 cm³/mol. The standard InChI is InChI=1S/C11H22N2OS/c1-3-9(2)13-11(14)8-12-10-4-6-15-7-5-10/h9-10,12H,3-8H2,1-2H3,(H,13,14). The van der Waals surface area contributed by atoms with Gasteiger partial charge < -0.3 is 10.6 Å². The molecule has 0 aromatic carbocycles. The molecule has 1 rings (SSSR count). The molecule has 0 aromatic heterocycles. The van der Waals surface area contributed by atoms with Crippen LogP contribution < -0.4 is 10.6 Å². The minimum atomic E-state index is 0.127. The van der Waals surface area contributed by atoms with Gasteiger partial charge in [-0.3, -0.25) is 4.79 Å². The fraction of sp³-hybridized carbons (Fsp3) is 0.909. The van der Waals surface area contributed by atoms with E-state index in [2.05, 4.69) is 17.6 Å². The van der Waals surface area contributed by atoms with Crippen molar-refractivity contribution in [3.63, 3.8) is 0 Å². The first-order valence-corrected chi connectivity index (χ1v) is 6.98. The van der Waals surface area contributed by atoms with Gasteiger partial charge in [-0.25, -0.2) is 0 Å². The van der Waals surface area contributed by atoms with Gasteiger partial charge in [-0.15, -0.1) is 0 Å². The molecular weight excluding hydrogens is 208 g/mol. The second kappa shape index (κ2) is 7.12. The summed E-state index contributed by atoms with van der Waals surface area (Å²) in [5.41, 5.74) is 0. The molecule has 0 radical (unpaired) electrons. The number of thioether (sulfide) groups is 1. The van der Waals surface area contributed by atoms with E-state index in [4.69, 9.17) is 0 Å². The van der Waals surface area contributed by atoms with E-state index >= 15 is 0 Å². The normalized spacial score (nSPS) is 19.9. The molecule has 3 nitrogen and oxygen atoms in total. The first kappa shape index (κ1) is 12.8. The maximum absolute atomic E-state index is 11.5. The second-order valence-electron chi connectivity index (χ2n) is 4.14. The Morgan fingerprint density at radius 3 is 2.73 bits per heavy atom. The molecule has 2 N–H and O–H groups in total. The largest absolute Gasteiger partial charge is 0.353 e. The molecule has 1 saturated heterocycles. The van der Waals surface area contributed by atoms with Gasteiger partial charge in [-0.2, -0.15) is 11.8 Å². The zero-order valence-electron chi connectivity index (χ0n) is 9.71. The van der Waals surface area contributed by atoms with Gasteiger partial charge in [0.15, 0.2) is 0 Å². The van der Waals surface area contributed by atoms with Crippen LogP contribution in [0.2, 0.25) is 0 Å². The lowest BCUT2D eigenvalue weighted by Crippen LogP contribution is -2.43. The first-order valence-electron chi connectivity index (χ1n) is 5.83. The van der Waals surface area contributed by atoms with Gasteiger partial charge in [-0.05, 0) is 37.7 Å². The summed E-state index contributed by atoms with van der Waals surface area (Å²) in [6.07, 6.45) is 3.38. The zero-order valence-corrected chi connectivity index (χ0v) is 10.5. The monoisotopic (exact) mass is 230 g/mol. The molecule has 0 aromatic rings. The smallest absolute Gasteiger partial charge is 0.234 e. The molecule has 15 heavy (non-hydrogen) atoms. The summed E-state index contributed by atoms with van der Waals surface area (Å²) >= 11 is 2.01. The molecule has 1 heterocycles. The Hall–Kier alpha value is -0.220. The van der Waals surface area contributed by atoms with Crippen LogP contribution >= 0.6 is 11.8 Å². The summed E-state index contributed by atoms with van der Waals surface area (Å²) in [6, 6.07) is 0.843. The zero-order chi connectivity index (χ0) is 11.1. The van der Waals surface area contributed by atoms with Crippen LogP contribution in [0.25, 0.3) is 0 Å². The van der Waals surface area contributed by atoms with E-state index in [0.717, 1.165) is 6.42 Å². The highest BCUT2D eigenvalue weighted by Gasteiger charge is 2.14. The van der Waals surface area contributed by atoms with Crippen molar-refractivity contribution in [1.29, 1.82) is 0 Å². The summed E-state index contributed by atoms with van der Waals surface area (Å²) in [5.74, 6) is 2.58. The molecule has 0 saturated carbocycles. The van der Waals surface area contributed by atoms with Crippen LogP contribution in [0.3, 0.4) is 0 Å². The Bertz CT molecular complexity index is 193. The van der Waals surface area contributed by atoms with Crippen LogP contribution in [0.4, 0.5) is 0 Å². The third kappa shape index (κ3) is 5.42. The number of rotatable bonds is 5. The molecule has 1 amide bonds. The average Bonchev–Trinajstić information content (AvgIpc) is 2.27. The van der Waals surface area contributed by atoms with Crippen molar-refractivity contribution in [3.8, 4) is 0 Å². The van der Waals surface area contributed by atoms with Crippen LogP contribution in [0.15, 0.2) is 0 Å². The summed E-state index contributed by atoms with van der Waals surface area (Å²) in [7, 11) is 0. The number of nitrogens with one attached hydrogen (secondary N) is 2. The molecule has 88 valence electrons. The highest BCUT2D eigenvalue weighted by atomic mass is 32.2. The molecule has 4 heteroatoms. The number of hydrogen-bond acceptors (Lipinski definition) is 3. The quantitative estimate of drug-likeness (QED) is 0.750. The lowest BCUT2D eigenvalue weighted by atomic mass is 10.1. The Morgan fingerprint density at radius 1 is 1.47 bits per heavy atom. The fourth-order valence-corrected chi connectivity index (χ4v) is 2.67. The van der Waals surface area contributed by atoms with Gasteiger partial charge in [-0.1, -0.05) is 6.92 Å². The van der Waals surface area contributed by atoms with E-state index in [9.17, 15) is 4.79 Å². The maximum atomic E-state index is 11.5. The third-order valence-corrected chi connectivity index (χ3v) is 3.84. The highest BCUT2D eigenvalue weighted by molar-refractivity contribution is 7.99. The minimum Gasteiger partial charge on any atom is -0.353 e. The topological polar surface area (TPSA) is 41.1 Å². The molecule has 1 atom stereocenters. The summed E-state index contributed by atoms with van der Waals surface area (Å²) in [6.45, 7) is 4.59. The Kier molecular flexibility index (Phi) is 6.10. The van der Waals surface area contributed by atoms with Gasteiger partial charge >= 0.3 is 0 Å². The number of hydrogen-bond donors (Lipinski definition) is 2. The van der Waals surface area contributed by atoms with Gasteiger partial charge in [0.25, 0.3) is 0 Å². The van der Waals surface area contributed by atoms with Crippen LogP contribution in [-0.4, -0.2) is 36.0 Å². The predicted octanol–water partition coefficient (Wildman–Crippen LogP) is 1.39. The first-order chi connectivity index (χ1) is 7.22. The van der Waals surface area contributed by atoms with Gasteiger partial charge in [0.2, 0.25) is 5.91 Å². The number of amides is 1. The van der Waals surface area contributed by atoms with E-state index in [1.807, 2.05) is 18.7 Å². The van der Waals surface area contributed by atoms with E-state index in [-0.39, 0.29) is 5.91 Å². The molecule has 0 spiro atoms. The van der Waals surface area contributed by atoms with Crippen molar-refractivity contribution < 1.29 is 4.79 Å². The SMILES string of the molecule is CCC(C)NC(=O)CNC1CCSCC1. The Labute approximate surface area is 96.8 Å². The van der Waals surface area contributed by atoms with E-state index in [0.29, 0.717) is 18.6 Å². The van der Waals surface area contributed by atoms with Gasteiger partial charge in [0, 0.05) is 12.1 Å². The van der Waals surface area contributed by atoms with Crippen LogP contribution in [0.1, 0.15) is 33.1 Å². The minimum absolute atomic E-state index is 0.127. The van der Waals surface area contributed by atoms with Crippen molar-refractivity contribution in [2.24, 2.45) is 0 Å². The van der Waals surface area contributed by atoms with Crippen LogP contribution in [0.5, 0.6) is 0 Å². The summed E-state index contributed by atoms with van der Waals surface area (Å²) in [5, 5.41) is 6.29. The molecule has 1 fully saturated rings. The van der Waals surface area contributed by atoms with Crippen molar-refractivity contribution >= 4 is 17.7 Å². The summed E-state index contributed by atoms with van der Waals surface area (Å²) in [4.78, 5) is 11.5. The second-order valence-corrected chi connectivity index (χ2v) is 5.37.